The van der Waals surface area contributed by atoms with E-state index < -0.39 is 16.1 Å². The number of amides is 1. The summed E-state index contributed by atoms with van der Waals surface area (Å²) in [4.78, 5) is 12.5. The van der Waals surface area contributed by atoms with E-state index in [2.05, 4.69) is 5.32 Å². The Bertz CT molecular complexity index is 899. The molecule has 0 saturated carbocycles. The number of rotatable bonds is 8. The number of sulfonamides is 1. The number of hydrogen-bond donors (Lipinski definition) is 1. The van der Waals surface area contributed by atoms with Crippen LogP contribution in [0.5, 0.6) is 5.75 Å². The molecule has 152 valence electrons. The van der Waals surface area contributed by atoms with Gasteiger partial charge in [-0.15, -0.1) is 0 Å². The first-order chi connectivity index (χ1) is 13.1. The fourth-order valence-electron chi connectivity index (χ4n) is 2.55. The molecular weight excluding hydrogens is 383 g/mol. The first-order valence-electron chi connectivity index (χ1n) is 8.88. The molecule has 2 rings (SSSR count). The van der Waals surface area contributed by atoms with Crippen LogP contribution in [0.2, 0.25) is 0 Å². The van der Waals surface area contributed by atoms with Crippen LogP contribution in [-0.4, -0.2) is 33.7 Å². The van der Waals surface area contributed by atoms with Gasteiger partial charge in [0.2, 0.25) is 10.0 Å². The summed E-state index contributed by atoms with van der Waals surface area (Å²) >= 11 is 0. The third-order valence-electron chi connectivity index (χ3n) is 4.37. The SMILES string of the molecule is CC[C@H](Oc1ccc(N(C)S(C)(=O)=O)cc1)C(=O)N[C@@H](C)c1ccc(F)cc1. The third-order valence-corrected chi connectivity index (χ3v) is 5.57. The van der Waals surface area contributed by atoms with Gasteiger partial charge in [0, 0.05) is 7.05 Å². The van der Waals surface area contributed by atoms with E-state index >= 15 is 0 Å². The molecule has 8 heteroatoms. The first-order valence-corrected chi connectivity index (χ1v) is 10.7. The van der Waals surface area contributed by atoms with Crippen LogP contribution in [0.1, 0.15) is 31.9 Å². The number of nitrogens with zero attached hydrogens (tertiary/aromatic N) is 1. The van der Waals surface area contributed by atoms with Gasteiger partial charge in [0.15, 0.2) is 6.10 Å². The van der Waals surface area contributed by atoms with Crippen LogP contribution < -0.4 is 14.4 Å². The van der Waals surface area contributed by atoms with E-state index in [1.165, 1.54) is 19.2 Å². The van der Waals surface area contributed by atoms with E-state index in [1.54, 1.807) is 36.4 Å². The van der Waals surface area contributed by atoms with Gasteiger partial charge in [-0.1, -0.05) is 19.1 Å². The fraction of sp³-hybridized carbons (Fsp3) is 0.350. The van der Waals surface area contributed by atoms with Crippen molar-refractivity contribution >= 4 is 21.6 Å². The Morgan fingerprint density at radius 3 is 2.21 bits per heavy atom. The zero-order valence-corrected chi connectivity index (χ0v) is 17.2. The Kier molecular flexibility index (Phi) is 7.01. The maximum atomic E-state index is 13.0. The molecule has 0 saturated heterocycles. The van der Waals surface area contributed by atoms with E-state index in [9.17, 15) is 17.6 Å². The van der Waals surface area contributed by atoms with Crippen molar-refractivity contribution < 1.29 is 22.3 Å². The van der Waals surface area contributed by atoms with E-state index in [0.29, 0.717) is 17.9 Å². The number of ether oxygens (including phenoxy) is 1. The Labute approximate surface area is 165 Å². The number of benzene rings is 2. The molecule has 0 aliphatic carbocycles. The highest BCUT2D eigenvalue weighted by Crippen LogP contribution is 2.22. The molecule has 2 aromatic rings. The number of anilines is 1. The summed E-state index contributed by atoms with van der Waals surface area (Å²) in [5.41, 5.74) is 1.29. The molecule has 0 unspecified atom stereocenters. The van der Waals surface area contributed by atoms with Crippen molar-refractivity contribution in [3.8, 4) is 5.75 Å². The smallest absolute Gasteiger partial charge is 0.261 e. The lowest BCUT2D eigenvalue weighted by Gasteiger charge is -2.21. The van der Waals surface area contributed by atoms with Crippen molar-refractivity contribution in [1.29, 1.82) is 0 Å². The van der Waals surface area contributed by atoms with Crippen molar-refractivity contribution in [2.75, 3.05) is 17.6 Å². The van der Waals surface area contributed by atoms with Gasteiger partial charge in [-0.2, -0.15) is 0 Å². The highest BCUT2D eigenvalue weighted by molar-refractivity contribution is 7.92. The van der Waals surface area contributed by atoms with Gasteiger partial charge in [-0.3, -0.25) is 9.10 Å². The molecule has 28 heavy (non-hydrogen) atoms. The molecule has 0 fully saturated rings. The number of nitrogens with one attached hydrogen (secondary N) is 1. The second kappa shape index (κ2) is 9.05. The van der Waals surface area contributed by atoms with E-state index in [-0.39, 0.29) is 17.8 Å². The molecule has 0 spiro atoms. The summed E-state index contributed by atoms with van der Waals surface area (Å²) in [6.07, 6.45) is 0.866. The minimum absolute atomic E-state index is 0.281. The summed E-state index contributed by atoms with van der Waals surface area (Å²) < 4.78 is 43.1. The van der Waals surface area contributed by atoms with Gasteiger partial charge in [-0.05, 0) is 55.3 Å². The first kappa shape index (κ1) is 21.7. The fourth-order valence-corrected chi connectivity index (χ4v) is 3.06. The van der Waals surface area contributed by atoms with Crippen LogP contribution in [0.4, 0.5) is 10.1 Å². The summed E-state index contributed by atoms with van der Waals surface area (Å²) in [7, 11) is -1.88. The van der Waals surface area contributed by atoms with Crippen LogP contribution in [0.15, 0.2) is 48.5 Å². The largest absolute Gasteiger partial charge is 0.481 e. The second-order valence-corrected chi connectivity index (χ2v) is 8.53. The van der Waals surface area contributed by atoms with Gasteiger partial charge in [-0.25, -0.2) is 12.8 Å². The molecule has 0 aliphatic heterocycles. The Balaban J connectivity index is 2.02. The lowest BCUT2D eigenvalue weighted by molar-refractivity contribution is -0.128. The second-order valence-electron chi connectivity index (χ2n) is 6.52. The topological polar surface area (TPSA) is 75.7 Å². The number of halogens is 1. The summed E-state index contributed by atoms with van der Waals surface area (Å²) in [6.45, 7) is 3.65. The quantitative estimate of drug-likeness (QED) is 0.728. The maximum Gasteiger partial charge on any atom is 0.261 e. The molecule has 0 aromatic heterocycles. The van der Waals surface area contributed by atoms with E-state index in [4.69, 9.17) is 4.74 Å². The highest BCUT2D eigenvalue weighted by atomic mass is 32.2. The average Bonchev–Trinajstić information content (AvgIpc) is 2.65. The van der Waals surface area contributed by atoms with Crippen molar-refractivity contribution in [2.45, 2.75) is 32.4 Å². The van der Waals surface area contributed by atoms with Crippen molar-refractivity contribution in [3.63, 3.8) is 0 Å². The van der Waals surface area contributed by atoms with Crippen LogP contribution in [0.3, 0.4) is 0 Å². The van der Waals surface area contributed by atoms with Crippen LogP contribution >= 0.6 is 0 Å². The van der Waals surface area contributed by atoms with E-state index in [1.807, 2.05) is 13.8 Å². The standard InChI is InChI=1S/C20H25FN2O4S/c1-5-19(20(24)22-14(2)15-6-8-16(21)9-7-15)27-18-12-10-17(11-13-18)23(3)28(4,25)26/h6-14,19H,5H2,1-4H3,(H,22,24)/t14-,19-/m0/s1. The van der Waals surface area contributed by atoms with E-state index in [0.717, 1.165) is 16.1 Å². The monoisotopic (exact) mass is 408 g/mol. The van der Waals surface area contributed by atoms with Crippen molar-refractivity contribution in [3.05, 3.63) is 59.9 Å². The summed E-state index contributed by atoms with van der Waals surface area (Å²) in [6, 6.07) is 12.1. The molecule has 6 nitrogen and oxygen atoms in total. The van der Waals surface area contributed by atoms with Gasteiger partial charge >= 0.3 is 0 Å². The predicted molar refractivity (Wildman–Crippen MR) is 107 cm³/mol. The van der Waals surface area contributed by atoms with Crippen LogP contribution in [0.25, 0.3) is 0 Å². The van der Waals surface area contributed by atoms with Crippen LogP contribution in [0, 0.1) is 5.82 Å². The average molecular weight is 408 g/mol. The summed E-state index contributed by atoms with van der Waals surface area (Å²) in [5.74, 6) is -0.152. The molecule has 0 bridgehead atoms. The number of carbonyl (C=O) groups excluding carboxylic acids is 1. The van der Waals surface area contributed by atoms with Gasteiger partial charge in [0.25, 0.3) is 5.91 Å². The molecule has 0 radical (unpaired) electrons. The summed E-state index contributed by atoms with van der Waals surface area (Å²) in [5, 5.41) is 2.86. The Morgan fingerprint density at radius 1 is 1.14 bits per heavy atom. The van der Waals surface area contributed by atoms with Crippen molar-refractivity contribution in [1.82, 2.24) is 5.32 Å². The predicted octanol–water partition coefficient (Wildman–Crippen LogP) is 3.26. The minimum atomic E-state index is -3.35. The van der Waals surface area contributed by atoms with Crippen LogP contribution in [-0.2, 0) is 14.8 Å². The normalized spacial score (nSPS) is 13.5. The van der Waals surface area contributed by atoms with Gasteiger partial charge in [0.05, 0.1) is 18.0 Å². The third kappa shape index (κ3) is 5.69. The Hall–Kier alpha value is -2.61. The molecule has 0 heterocycles. The maximum absolute atomic E-state index is 13.0. The van der Waals surface area contributed by atoms with Gasteiger partial charge in [0.1, 0.15) is 11.6 Å². The number of hydrogen-bond acceptors (Lipinski definition) is 4. The molecule has 1 amide bonds. The molecule has 0 aliphatic rings. The molecular formula is C20H25FN2O4S. The molecule has 1 N–H and O–H groups in total. The molecule has 2 aromatic carbocycles. The lowest BCUT2D eigenvalue weighted by atomic mass is 10.1. The number of carbonyl (C=O) groups is 1. The Morgan fingerprint density at radius 2 is 1.71 bits per heavy atom. The van der Waals surface area contributed by atoms with Gasteiger partial charge < -0.3 is 10.1 Å². The minimum Gasteiger partial charge on any atom is -0.481 e. The zero-order chi connectivity index (χ0) is 20.9. The lowest BCUT2D eigenvalue weighted by Crippen LogP contribution is -2.39. The zero-order valence-electron chi connectivity index (χ0n) is 16.3. The highest BCUT2D eigenvalue weighted by Gasteiger charge is 2.21. The van der Waals surface area contributed by atoms with Crippen molar-refractivity contribution in [2.24, 2.45) is 0 Å². The molecule has 2 atom stereocenters.